The molecule has 2 amide bonds. The van der Waals surface area contributed by atoms with Crippen molar-refractivity contribution in [1.29, 1.82) is 0 Å². The average molecular weight is 259 g/mol. The molecule has 0 saturated carbocycles. The van der Waals surface area contributed by atoms with Gasteiger partial charge in [-0.1, -0.05) is 29.4 Å². The molecule has 0 fully saturated rings. The van der Waals surface area contributed by atoms with Crippen molar-refractivity contribution in [2.45, 2.75) is 20.3 Å². The Morgan fingerprint density at radius 2 is 2.11 bits per heavy atom. The first-order chi connectivity index (χ1) is 9.15. The van der Waals surface area contributed by atoms with Gasteiger partial charge in [-0.2, -0.15) is 0 Å². The number of aryl methyl sites for hydroxylation is 2. The van der Waals surface area contributed by atoms with E-state index in [1.54, 1.807) is 13.0 Å². The molecule has 0 atom stereocenters. The van der Waals surface area contributed by atoms with Gasteiger partial charge in [0.05, 0.1) is 0 Å². The van der Waals surface area contributed by atoms with Gasteiger partial charge in [0.15, 0.2) is 5.82 Å². The summed E-state index contributed by atoms with van der Waals surface area (Å²) in [6, 6.07) is 9.53. The van der Waals surface area contributed by atoms with Crippen LogP contribution in [0.1, 0.15) is 16.9 Å². The van der Waals surface area contributed by atoms with E-state index >= 15 is 0 Å². The maximum atomic E-state index is 11.6. The molecule has 1 aromatic carbocycles. The summed E-state index contributed by atoms with van der Waals surface area (Å²) in [7, 11) is 0. The van der Waals surface area contributed by atoms with Crippen molar-refractivity contribution in [2.75, 3.05) is 11.9 Å². The third-order valence-electron chi connectivity index (χ3n) is 2.81. The lowest BCUT2D eigenvalue weighted by Gasteiger charge is -2.07. The van der Waals surface area contributed by atoms with Crippen molar-refractivity contribution < 1.29 is 9.32 Å². The van der Waals surface area contributed by atoms with E-state index in [9.17, 15) is 4.79 Å². The van der Waals surface area contributed by atoms with Crippen LogP contribution >= 0.6 is 0 Å². The molecule has 0 aliphatic heterocycles. The monoisotopic (exact) mass is 259 g/mol. The molecule has 1 heterocycles. The summed E-state index contributed by atoms with van der Waals surface area (Å²) in [6.07, 6.45) is 0.804. The summed E-state index contributed by atoms with van der Waals surface area (Å²) < 4.78 is 4.86. The molecule has 0 bridgehead atoms. The lowest BCUT2D eigenvalue weighted by Crippen LogP contribution is -2.30. The first-order valence-corrected chi connectivity index (χ1v) is 6.18. The molecule has 2 N–H and O–H groups in total. The number of aromatic nitrogens is 1. The van der Waals surface area contributed by atoms with Gasteiger partial charge in [0.25, 0.3) is 0 Å². The van der Waals surface area contributed by atoms with Crippen molar-refractivity contribution in [3.8, 4) is 0 Å². The highest BCUT2D eigenvalue weighted by Gasteiger charge is 2.05. The number of carbonyl (C=O) groups excluding carboxylic acids is 1. The zero-order valence-corrected chi connectivity index (χ0v) is 11.1. The number of rotatable bonds is 4. The summed E-state index contributed by atoms with van der Waals surface area (Å²) in [6.45, 7) is 4.41. The minimum Gasteiger partial charge on any atom is -0.360 e. The largest absolute Gasteiger partial charge is 0.360 e. The Bertz CT molecular complexity index is 563. The van der Waals surface area contributed by atoms with E-state index in [1.807, 2.05) is 12.1 Å². The standard InChI is InChI=1S/C14H17N3O2/c1-10-5-3-4-6-12(10)7-8-15-14(18)16-13-9-11(2)19-17-13/h3-6,9H,7-8H2,1-2H3,(H2,15,16,17,18). The molecular weight excluding hydrogens is 242 g/mol. The van der Waals surface area contributed by atoms with E-state index < -0.39 is 0 Å². The predicted molar refractivity (Wildman–Crippen MR) is 73.1 cm³/mol. The number of urea groups is 1. The van der Waals surface area contributed by atoms with E-state index in [1.165, 1.54) is 11.1 Å². The van der Waals surface area contributed by atoms with Gasteiger partial charge in [-0.05, 0) is 31.4 Å². The summed E-state index contributed by atoms with van der Waals surface area (Å²) in [5, 5.41) is 9.08. The summed E-state index contributed by atoms with van der Waals surface area (Å²) in [5.74, 6) is 1.08. The fourth-order valence-corrected chi connectivity index (χ4v) is 1.79. The Morgan fingerprint density at radius 3 is 2.79 bits per heavy atom. The van der Waals surface area contributed by atoms with E-state index in [0.29, 0.717) is 18.1 Å². The van der Waals surface area contributed by atoms with Crippen molar-refractivity contribution in [2.24, 2.45) is 0 Å². The molecule has 0 radical (unpaired) electrons. The minimum atomic E-state index is -0.276. The van der Waals surface area contributed by atoms with Gasteiger partial charge in [0.1, 0.15) is 5.76 Å². The third-order valence-corrected chi connectivity index (χ3v) is 2.81. The van der Waals surface area contributed by atoms with Crippen LogP contribution in [0.15, 0.2) is 34.9 Å². The summed E-state index contributed by atoms with van der Waals surface area (Å²) >= 11 is 0. The summed E-state index contributed by atoms with van der Waals surface area (Å²) in [4.78, 5) is 11.6. The quantitative estimate of drug-likeness (QED) is 0.887. The van der Waals surface area contributed by atoms with Crippen LogP contribution in [0.25, 0.3) is 0 Å². The van der Waals surface area contributed by atoms with Crippen LogP contribution in [-0.4, -0.2) is 17.7 Å². The van der Waals surface area contributed by atoms with Gasteiger partial charge < -0.3 is 9.84 Å². The lowest BCUT2D eigenvalue weighted by molar-refractivity contribution is 0.252. The maximum Gasteiger partial charge on any atom is 0.320 e. The van der Waals surface area contributed by atoms with Gasteiger partial charge in [-0.25, -0.2) is 4.79 Å². The van der Waals surface area contributed by atoms with E-state index in [-0.39, 0.29) is 6.03 Å². The third kappa shape index (κ3) is 3.84. The van der Waals surface area contributed by atoms with Crippen LogP contribution in [0.5, 0.6) is 0 Å². The SMILES string of the molecule is Cc1cc(NC(=O)NCCc2ccccc2C)no1. The summed E-state index contributed by atoms with van der Waals surface area (Å²) in [5.41, 5.74) is 2.47. The van der Waals surface area contributed by atoms with E-state index in [4.69, 9.17) is 4.52 Å². The molecule has 0 aliphatic rings. The lowest BCUT2D eigenvalue weighted by atomic mass is 10.1. The Kier molecular flexibility index (Phi) is 4.18. The second-order valence-electron chi connectivity index (χ2n) is 4.38. The van der Waals surface area contributed by atoms with Crippen LogP contribution in [0.3, 0.4) is 0 Å². The predicted octanol–water partition coefficient (Wildman–Crippen LogP) is 2.66. The van der Waals surface area contributed by atoms with Crippen LogP contribution in [-0.2, 0) is 6.42 Å². The second kappa shape index (κ2) is 6.04. The van der Waals surface area contributed by atoms with Crippen LogP contribution in [0.2, 0.25) is 0 Å². The smallest absolute Gasteiger partial charge is 0.320 e. The van der Waals surface area contributed by atoms with Gasteiger partial charge in [0, 0.05) is 12.6 Å². The molecule has 100 valence electrons. The van der Waals surface area contributed by atoms with Crippen LogP contribution in [0.4, 0.5) is 10.6 Å². The molecule has 0 aliphatic carbocycles. The molecular formula is C14H17N3O2. The van der Waals surface area contributed by atoms with Gasteiger partial charge >= 0.3 is 6.03 Å². The van der Waals surface area contributed by atoms with Crippen LogP contribution in [0, 0.1) is 13.8 Å². The zero-order chi connectivity index (χ0) is 13.7. The molecule has 2 aromatic rings. The van der Waals surface area contributed by atoms with Crippen molar-refractivity contribution >= 4 is 11.8 Å². The zero-order valence-electron chi connectivity index (χ0n) is 11.1. The number of anilines is 1. The number of hydrogen-bond donors (Lipinski definition) is 2. The first kappa shape index (κ1) is 13.1. The first-order valence-electron chi connectivity index (χ1n) is 6.18. The Morgan fingerprint density at radius 1 is 1.32 bits per heavy atom. The van der Waals surface area contributed by atoms with Gasteiger partial charge in [-0.3, -0.25) is 5.32 Å². The number of nitrogens with zero attached hydrogens (tertiary/aromatic N) is 1. The molecule has 5 heteroatoms. The Labute approximate surface area is 112 Å². The molecule has 0 saturated heterocycles. The Balaban J connectivity index is 1.77. The van der Waals surface area contributed by atoms with E-state index in [0.717, 1.165) is 6.42 Å². The molecule has 19 heavy (non-hydrogen) atoms. The van der Waals surface area contributed by atoms with Gasteiger partial charge in [-0.15, -0.1) is 0 Å². The van der Waals surface area contributed by atoms with Gasteiger partial charge in [0.2, 0.25) is 0 Å². The van der Waals surface area contributed by atoms with Crippen LogP contribution < -0.4 is 10.6 Å². The Hall–Kier alpha value is -2.30. The normalized spacial score (nSPS) is 10.2. The van der Waals surface area contributed by atoms with Crippen molar-refractivity contribution in [3.05, 3.63) is 47.2 Å². The van der Waals surface area contributed by atoms with Crippen molar-refractivity contribution in [3.63, 3.8) is 0 Å². The molecule has 1 aromatic heterocycles. The highest BCUT2D eigenvalue weighted by molar-refractivity contribution is 5.88. The molecule has 0 unspecified atom stereocenters. The maximum absolute atomic E-state index is 11.6. The number of amides is 2. The number of nitrogens with one attached hydrogen (secondary N) is 2. The highest BCUT2D eigenvalue weighted by atomic mass is 16.5. The second-order valence-corrected chi connectivity index (χ2v) is 4.38. The number of carbonyl (C=O) groups is 1. The molecule has 0 spiro atoms. The fourth-order valence-electron chi connectivity index (χ4n) is 1.79. The number of benzene rings is 1. The molecule has 2 rings (SSSR count). The van der Waals surface area contributed by atoms with Crippen molar-refractivity contribution in [1.82, 2.24) is 10.5 Å². The molecule has 5 nitrogen and oxygen atoms in total. The average Bonchev–Trinajstić information content (AvgIpc) is 2.77. The van der Waals surface area contributed by atoms with E-state index in [2.05, 4.69) is 34.8 Å². The fraction of sp³-hybridized carbons (Fsp3) is 0.286. The topological polar surface area (TPSA) is 67.2 Å². The highest BCUT2D eigenvalue weighted by Crippen LogP contribution is 2.08. The minimum absolute atomic E-state index is 0.276. The number of hydrogen-bond acceptors (Lipinski definition) is 3.